The molecular weight excluding hydrogens is 309 g/mol. The van der Waals surface area contributed by atoms with E-state index in [2.05, 4.69) is 0 Å². The van der Waals surface area contributed by atoms with Crippen molar-refractivity contribution >= 4 is 5.91 Å². The fourth-order valence-electron chi connectivity index (χ4n) is 3.24. The summed E-state index contributed by atoms with van der Waals surface area (Å²) in [4.78, 5) is 14.3. The molecule has 1 atom stereocenters. The molecule has 2 aromatic rings. The van der Waals surface area contributed by atoms with Gasteiger partial charge in [-0.15, -0.1) is 0 Å². The Morgan fingerprint density at radius 1 is 1.25 bits per heavy atom. The van der Waals surface area contributed by atoms with E-state index in [0.29, 0.717) is 17.4 Å². The zero-order chi connectivity index (χ0) is 16.9. The number of likely N-dealkylation sites (tertiary alicyclic amines) is 1. The lowest BCUT2D eigenvalue weighted by atomic mass is 9.91. The van der Waals surface area contributed by atoms with Gasteiger partial charge in [0.2, 0.25) is 0 Å². The third-order valence-electron chi connectivity index (χ3n) is 4.59. The number of hydrogen-bond acceptors (Lipinski definition) is 3. The van der Waals surface area contributed by atoms with Gasteiger partial charge in [0, 0.05) is 13.1 Å². The van der Waals surface area contributed by atoms with Crippen molar-refractivity contribution in [2.45, 2.75) is 32.3 Å². The van der Waals surface area contributed by atoms with Crippen LogP contribution < -0.4 is 0 Å². The highest BCUT2D eigenvalue weighted by Gasteiger charge is 2.26. The molecule has 0 bridgehead atoms. The van der Waals surface area contributed by atoms with E-state index >= 15 is 0 Å². The Morgan fingerprint density at radius 3 is 2.75 bits per heavy atom. The Balaban J connectivity index is 1.55. The number of amides is 1. The van der Waals surface area contributed by atoms with Crippen LogP contribution in [-0.2, 0) is 13.0 Å². The van der Waals surface area contributed by atoms with Crippen LogP contribution in [-0.4, -0.2) is 29.0 Å². The minimum Gasteiger partial charge on any atom is -0.453 e. The maximum absolute atomic E-state index is 12.9. The van der Waals surface area contributed by atoms with Gasteiger partial charge in [-0.25, -0.2) is 4.39 Å². The third-order valence-corrected chi connectivity index (χ3v) is 4.59. The van der Waals surface area contributed by atoms with Gasteiger partial charge in [-0.05, 0) is 61.4 Å². The van der Waals surface area contributed by atoms with Gasteiger partial charge in [-0.1, -0.05) is 12.1 Å². The van der Waals surface area contributed by atoms with Crippen molar-refractivity contribution in [2.24, 2.45) is 5.92 Å². The topological polar surface area (TPSA) is 53.7 Å². The summed E-state index contributed by atoms with van der Waals surface area (Å²) < 4.78 is 18.3. The van der Waals surface area contributed by atoms with E-state index in [-0.39, 0.29) is 18.3 Å². The molecule has 1 aliphatic rings. The van der Waals surface area contributed by atoms with Crippen molar-refractivity contribution < 1.29 is 18.7 Å². The van der Waals surface area contributed by atoms with Gasteiger partial charge in [0.05, 0.1) is 0 Å². The lowest BCUT2D eigenvalue weighted by Crippen LogP contribution is -2.39. The number of benzene rings is 1. The number of hydrogen-bond donors (Lipinski definition) is 1. The first-order valence-corrected chi connectivity index (χ1v) is 8.39. The third kappa shape index (κ3) is 4.03. The number of carbonyl (C=O) groups is 1. The highest BCUT2D eigenvalue weighted by molar-refractivity contribution is 5.91. The van der Waals surface area contributed by atoms with E-state index in [1.54, 1.807) is 12.1 Å². The van der Waals surface area contributed by atoms with E-state index in [4.69, 9.17) is 9.52 Å². The molecule has 5 heteroatoms. The van der Waals surface area contributed by atoms with E-state index in [9.17, 15) is 9.18 Å². The van der Waals surface area contributed by atoms with E-state index in [0.717, 1.165) is 44.3 Å². The summed E-state index contributed by atoms with van der Waals surface area (Å²) >= 11 is 0. The number of aliphatic hydroxyl groups excluding tert-OH is 1. The molecule has 24 heavy (non-hydrogen) atoms. The number of nitrogens with zero attached hydrogens (tertiary/aromatic N) is 1. The first-order chi connectivity index (χ1) is 11.7. The minimum absolute atomic E-state index is 0.110. The van der Waals surface area contributed by atoms with Gasteiger partial charge in [-0.3, -0.25) is 4.79 Å². The maximum atomic E-state index is 12.9. The van der Waals surface area contributed by atoms with Gasteiger partial charge >= 0.3 is 0 Å². The van der Waals surface area contributed by atoms with Crippen LogP contribution in [0.4, 0.5) is 4.39 Å². The number of aliphatic hydroxyl groups is 1. The second-order valence-corrected chi connectivity index (χ2v) is 6.35. The monoisotopic (exact) mass is 331 g/mol. The molecule has 1 saturated heterocycles. The Morgan fingerprint density at radius 2 is 2.04 bits per heavy atom. The number of furan rings is 1. The number of piperidine rings is 1. The maximum Gasteiger partial charge on any atom is 0.289 e. The van der Waals surface area contributed by atoms with E-state index < -0.39 is 0 Å². The molecule has 128 valence electrons. The van der Waals surface area contributed by atoms with Crippen LogP contribution in [0, 0.1) is 11.7 Å². The number of rotatable bonds is 5. The molecule has 4 nitrogen and oxygen atoms in total. The zero-order valence-electron chi connectivity index (χ0n) is 13.6. The quantitative estimate of drug-likeness (QED) is 0.913. The van der Waals surface area contributed by atoms with Crippen molar-refractivity contribution in [3.63, 3.8) is 0 Å². The summed E-state index contributed by atoms with van der Waals surface area (Å²) in [6.07, 6.45) is 3.95. The van der Waals surface area contributed by atoms with Gasteiger partial charge in [-0.2, -0.15) is 0 Å². The standard InChI is InChI=1S/C19H22FNO3/c20-16-7-5-14(6-8-16)3-4-15-2-1-11-21(12-15)19(23)18-10-9-17(13-22)24-18/h5-10,15,22H,1-4,11-13H2/t15-/m1/s1. The molecule has 0 aliphatic carbocycles. The first kappa shape index (κ1) is 16.7. The van der Waals surface area contributed by atoms with Crippen molar-refractivity contribution in [1.82, 2.24) is 4.90 Å². The average molecular weight is 331 g/mol. The molecular formula is C19H22FNO3. The van der Waals surface area contributed by atoms with Crippen LogP contribution in [0.2, 0.25) is 0 Å². The highest BCUT2D eigenvalue weighted by Crippen LogP contribution is 2.23. The molecule has 1 aromatic carbocycles. The molecule has 1 N–H and O–H groups in total. The summed E-state index contributed by atoms with van der Waals surface area (Å²) in [7, 11) is 0. The highest BCUT2D eigenvalue weighted by atomic mass is 19.1. The lowest BCUT2D eigenvalue weighted by molar-refractivity contribution is 0.0632. The predicted octanol–water partition coefficient (Wildman–Crippen LogP) is 3.40. The molecule has 0 radical (unpaired) electrons. The van der Waals surface area contributed by atoms with Crippen LogP contribution in [0.15, 0.2) is 40.8 Å². The van der Waals surface area contributed by atoms with Crippen LogP contribution in [0.5, 0.6) is 0 Å². The normalized spacial score (nSPS) is 17.9. The smallest absolute Gasteiger partial charge is 0.289 e. The fraction of sp³-hybridized carbons (Fsp3) is 0.421. The van der Waals surface area contributed by atoms with Gasteiger partial charge in [0.1, 0.15) is 18.2 Å². The van der Waals surface area contributed by atoms with Crippen molar-refractivity contribution in [1.29, 1.82) is 0 Å². The molecule has 1 aromatic heterocycles. The molecule has 0 saturated carbocycles. The number of aryl methyl sites for hydroxylation is 1. The average Bonchev–Trinajstić information content (AvgIpc) is 3.10. The van der Waals surface area contributed by atoms with Crippen LogP contribution in [0.3, 0.4) is 0 Å². The van der Waals surface area contributed by atoms with E-state index in [1.165, 1.54) is 12.1 Å². The number of halogens is 1. The molecule has 1 aliphatic heterocycles. The number of carbonyl (C=O) groups excluding carboxylic acids is 1. The minimum atomic E-state index is -0.214. The van der Waals surface area contributed by atoms with Gasteiger partial charge in [0.15, 0.2) is 5.76 Å². The zero-order valence-corrected chi connectivity index (χ0v) is 13.6. The Kier molecular flexibility index (Phi) is 5.30. The molecule has 3 rings (SSSR count). The fourth-order valence-corrected chi connectivity index (χ4v) is 3.24. The summed E-state index contributed by atoms with van der Waals surface area (Å²) in [6, 6.07) is 9.86. The summed E-state index contributed by atoms with van der Waals surface area (Å²) in [6.45, 7) is 1.25. The largest absolute Gasteiger partial charge is 0.453 e. The van der Waals surface area contributed by atoms with Crippen LogP contribution in [0.25, 0.3) is 0 Å². The van der Waals surface area contributed by atoms with Crippen LogP contribution in [0.1, 0.15) is 41.1 Å². The van der Waals surface area contributed by atoms with Gasteiger partial charge < -0.3 is 14.4 Å². The first-order valence-electron chi connectivity index (χ1n) is 8.39. The lowest BCUT2D eigenvalue weighted by Gasteiger charge is -2.32. The SMILES string of the molecule is O=C(c1ccc(CO)o1)N1CCC[C@H](CCc2ccc(F)cc2)C1. The molecule has 0 spiro atoms. The van der Waals surface area contributed by atoms with Gasteiger partial charge in [0.25, 0.3) is 5.91 Å². The molecule has 2 heterocycles. The summed E-state index contributed by atoms with van der Waals surface area (Å²) in [5.41, 5.74) is 1.12. The van der Waals surface area contributed by atoms with Crippen LogP contribution >= 0.6 is 0 Å². The summed E-state index contributed by atoms with van der Waals surface area (Å²) in [5.74, 6) is 0.816. The van der Waals surface area contributed by atoms with E-state index in [1.807, 2.05) is 17.0 Å². The van der Waals surface area contributed by atoms with Crippen molar-refractivity contribution in [3.05, 3.63) is 59.3 Å². The predicted molar refractivity (Wildman–Crippen MR) is 88.0 cm³/mol. The Labute approximate surface area is 140 Å². The van der Waals surface area contributed by atoms with Crippen molar-refractivity contribution in [2.75, 3.05) is 13.1 Å². The second-order valence-electron chi connectivity index (χ2n) is 6.35. The molecule has 1 fully saturated rings. The Hall–Kier alpha value is -2.14. The molecule has 1 amide bonds. The van der Waals surface area contributed by atoms with Crippen molar-refractivity contribution in [3.8, 4) is 0 Å². The molecule has 0 unspecified atom stereocenters. The second kappa shape index (κ2) is 7.62. The summed E-state index contributed by atoms with van der Waals surface area (Å²) in [5, 5.41) is 9.04. The Bertz CT molecular complexity index is 680.